The van der Waals surface area contributed by atoms with E-state index in [9.17, 15) is 12.9 Å². The Morgan fingerprint density at radius 2 is 1.93 bits per heavy atom. The molecule has 5 heteroatoms. The van der Waals surface area contributed by atoms with Crippen LogP contribution in [-0.4, -0.2) is 14.1 Å². The van der Waals surface area contributed by atoms with Crippen LogP contribution in [0.5, 0.6) is 5.75 Å². The topological polar surface area (TPSA) is 9.23 Å². The summed E-state index contributed by atoms with van der Waals surface area (Å²) in [6, 6.07) is 4.21. The molecule has 15 heavy (non-hydrogen) atoms. The second kappa shape index (κ2) is 3.47. The fourth-order valence-corrected chi connectivity index (χ4v) is 1.67. The molecule has 0 spiro atoms. The van der Waals surface area contributed by atoms with Crippen molar-refractivity contribution in [2.24, 2.45) is 0 Å². The minimum Gasteiger partial charge on any atom is -0.500 e. The largest absolute Gasteiger partial charge is 0.513 e. The second-order valence-electron chi connectivity index (χ2n) is 3.85. The number of rotatable bonds is 3. The van der Waals surface area contributed by atoms with Crippen LogP contribution >= 0.6 is 0 Å². The van der Waals surface area contributed by atoms with E-state index in [1.165, 1.54) is 13.2 Å². The molecule has 0 saturated heterocycles. The molecule has 1 aromatic rings. The van der Waals surface area contributed by atoms with Gasteiger partial charge in [-0.3, -0.25) is 0 Å². The molecule has 1 fully saturated rings. The lowest BCUT2D eigenvalue weighted by atomic mass is 9.78. The molecule has 0 unspecified atom stereocenters. The first-order chi connectivity index (χ1) is 7.02. The van der Waals surface area contributed by atoms with Crippen LogP contribution < -0.4 is 10.2 Å². The molecule has 0 amide bonds. The third-order valence-electron chi connectivity index (χ3n) is 2.66. The summed E-state index contributed by atoms with van der Waals surface area (Å²) < 4.78 is 42.5. The summed E-state index contributed by atoms with van der Waals surface area (Å²) in [4.78, 5) is 0. The monoisotopic (exact) mass is 215 g/mol. The van der Waals surface area contributed by atoms with Crippen LogP contribution in [0.15, 0.2) is 18.2 Å². The molecule has 2 rings (SSSR count). The first-order valence-corrected chi connectivity index (χ1v) is 4.90. The van der Waals surface area contributed by atoms with Crippen LogP contribution in [-0.2, 0) is 0 Å². The maximum absolute atomic E-state index is 12.6. The number of halogens is 3. The molecule has 1 nitrogen and oxygen atoms in total. The minimum atomic E-state index is -4.98. The molecular formula is C10H11BF3O-. The van der Waals surface area contributed by atoms with E-state index in [-0.39, 0.29) is 5.75 Å². The average molecular weight is 215 g/mol. The standard InChI is InChI=1S/C10H11BF3O/c1-15-10-6-8(7-2-3-7)4-5-9(10)11(12,13)14/h4-7H,2-3H2,1H3/q-1. The Balaban J connectivity index is 2.39. The molecule has 0 N–H and O–H groups in total. The van der Waals surface area contributed by atoms with Crippen LogP contribution in [0.2, 0.25) is 0 Å². The van der Waals surface area contributed by atoms with Gasteiger partial charge in [0, 0.05) is 0 Å². The third-order valence-corrected chi connectivity index (χ3v) is 2.66. The zero-order chi connectivity index (χ0) is 11.1. The van der Waals surface area contributed by atoms with E-state index in [1.807, 2.05) is 0 Å². The van der Waals surface area contributed by atoms with Crippen molar-refractivity contribution in [3.05, 3.63) is 23.8 Å². The van der Waals surface area contributed by atoms with Gasteiger partial charge in [0.25, 0.3) is 0 Å². The van der Waals surface area contributed by atoms with Gasteiger partial charge in [-0.25, -0.2) is 0 Å². The smallest absolute Gasteiger partial charge is 0.500 e. The number of methoxy groups -OCH3 is 1. The Morgan fingerprint density at radius 3 is 2.40 bits per heavy atom. The van der Waals surface area contributed by atoms with E-state index in [4.69, 9.17) is 4.74 Å². The molecular weight excluding hydrogens is 204 g/mol. The predicted molar refractivity (Wildman–Crippen MR) is 53.7 cm³/mol. The summed E-state index contributed by atoms with van der Waals surface area (Å²) >= 11 is 0. The quantitative estimate of drug-likeness (QED) is 0.704. The van der Waals surface area contributed by atoms with Crippen molar-refractivity contribution in [2.45, 2.75) is 18.8 Å². The normalized spacial score (nSPS) is 16.5. The molecule has 0 aliphatic heterocycles. The van der Waals surface area contributed by atoms with Crippen molar-refractivity contribution in [3.8, 4) is 5.75 Å². The summed E-state index contributed by atoms with van der Waals surface area (Å²) in [6.45, 7) is -4.98. The van der Waals surface area contributed by atoms with Crippen LogP contribution in [0.1, 0.15) is 24.3 Å². The molecule has 82 valence electrons. The summed E-state index contributed by atoms with van der Waals surface area (Å²) in [5.41, 5.74) is 0.317. The van der Waals surface area contributed by atoms with Crippen LogP contribution in [0.3, 0.4) is 0 Å². The summed E-state index contributed by atoms with van der Waals surface area (Å²) in [5.74, 6) is 0.389. The van der Waals surface area contributed by atoms with Gasteiger partial charge in [0.1, 0.15) is 0 Å². The van der Waals surface area contributed by atoms with Crippen LogP contribution in [0, 0.1) is 0 Å². The van der Waals surface area contributed by atoms with Gasteiger partial charge in [0.2, 0.25) is 0 Å². The lowest BCUT2D eigenvalue weighted by Gasteiger charge is -2.19. The Bertz CT molecular complexity index is 371. The van der Waals surface area contributed by atoms with E-state index < -0.39 is 12.4 Å². The second-order valence-corrected chi connectivity index (χ2v) is 3.85. The Kier molecular flexibility index (Phi) is 2.40. The Morgan fingerprint density at radius 1 is 1.27 bits per heavy atom. The van der Waals surface area contributed by atoms with Gasteiger partial charge in [0.15, 0.2) is 0 Å². The lowest BCUT2D eigenvalue weighted by Crippen LogP contribution is -2.35. The number of hydrogen-bond acceptors (Lipinski definition) is 1. The lowest BCUT2D eigenvalue weighted by molar-refractivity contribution is 0.412. The molecule has 0 aromatic heterocycles. The summed E-state index contributed by atoms with van der Waals surface area (Å²) in [6.07, 6.45) is 2.14. The predicted octanol–water partition coefficient (Wildman–Crippen LogP) is 2.63. The van der Waals surface area contributed by atoms with Crippen molar-refractivity contribution < 1.29 is 17.7 Å². The Hall–Kier alpha value is -1.13. The van der Waals surface area contributed by atoms with Gasteiger partial charge in [-0.1, -0.05) is 17.6 Å². The molecule has 0 atom stereocenters. The maximum atomic E-state index is 12.6. The van der Waals surface area contributed by atoms with Gasteiger partial charge < -0.3 is 17.7 Å². The minimum absolute atomic E-state index is 0.0492. The molecule has 1 aromatic carbocycles. The van der Waals surface area contributed by atoms with E-state index in [2.05, 4.69) is 0 Å². The van der Waals surface area contributed by atoms with Gasteiger partial charge >= 0.3 is 6.98 Å². The highest BCUT2D eigenvalue weighted by atomic mass is 19.4. The van der Waals surface area contributed by atoms with Crippen molar-refractivity contribution in [2.75, 3.05) is 7.11 Å². The average Bonchev–Trinajstić information content (AvgIpc) is 2.98. The van der Waals surface area contributed by atoms with Crippen LogP contribution in [0.4, 0.5) is 12.9 Å². The van der Waals surface area contributed by atoms with Crippen molar-refractivity contribution >= 4 is 12.4 Å². The number of hydrogen-bond donors (Lipinski definition) is 0. The highest BCUT2D eigenvalue weighted by Gasteiger charge is 2.31. The molecule has 1 saturated carbocycles. The van der Waals surface area contributed by atoms with Gasteiger partial charge in [0.05, 0.1) is 12.9 Å². The molecule has 0 bridgehead atoms. The SMILES string of the molecule is COc1cc(C2CC2)ccc1[B-](F)(F)F. The Labute approximate surface area is 86.3 Å². The summed E-state index contributed by atoms with van der Waals surface area (Å²) in [7, 11) is 1.28. The fourth-order valence-electron chi connectivity index (χ4n) is 1.67. The zero-order valence-corrected chi connectivity index (χ0v) is 8.34. The first-order valence-electron chi connectivity index (χ1n) is 4.90. The first kappa shape index (κ1) is 10.4. The maximum Gasteiger partial charge on any atom is 0.513 e. The number of benzene rings is 1. The zero-order valence-electron chi connectivity index (χ0n) is 8.34. The van der Waals surface area contributed by atoms with Gasteiger partial charge in [-0.2, -0.15) is 0 Å². The van der Waals surface area contributed by atoms with Crippen molar-refractivity contribution in [1.82, 2.24) is 0 Å². The van der Waals surface area contributed by atoms with E-state index >= 15 is 0 Å². The van der Waals surface area contributed by atoms with Gasteiger partial charge in [-0.05, 0) is 30.4 Å². The fraction of sp³-hybridized carbons (Fsp3) is 0.400. The van der Waals surface area contributed by atoms with Crippen LogP contribution in [0.25, 0.3) is 0 Å². The highest BCUT2D eigenvalue weighted by molar-refractivity contribution is 6.74. The number of ether oxygens (including phenoxy) is 1. The van der Waals surface area contributed by atoms with E-state index in [1.54, 1.807) is 6.07 Å². The molecule has 0 heterocycles. The third kappa shape index (κ3) is 2.11. The van der Waals surface area contributed by atoms with Crippen molar-refractivity contribution in [1.29, 1.82) is 0 Å². The molecule has 0 radical (unpaired) electrons. The van der Waals surface area contributed by atoms with Gasteiger partial charge in [-0.15, -0.1) is 0 Å². The van der Waals surface area contributed by atoms with E-state index in [0.29, 0.717) is 5.92 Å². The van der Waals surface area contributed by atoms with E-state index in [0.717, 1.165) is 24.5 Å². The van der Waals surface area contributed by atoms with Crippen molar-refractivity contribution in [3.63, 3.8) is 0 Å². The summed E-state index contributed by atoms with van der Waals surface area (Å²) in [5, 5.41) is 0. The molecule has 1 aliphatic carbocycles. The highest BCUT2D eigenvalue weighted by Crippen LogP contribution is 2.40. The molecule has 1 aliphatic rings.